The van der Waals surface area contributed by atoms with Crippen LogP contribution in [0.2, 0.25) is 0 Å². The van der Waals surface area contributed by atoms with Crippen LogP contribution in [0.15, 0.2) is 12.1 Å². The predicted molar refractivity (Wildman–Crippen MR) is 112 cm³/mol. The van der Waals surface area contributed by atoms with Crippen molar-refractivity contribution < 1.29 is 14.6 Å². The van der Waals surface area contributed by atoms with Crippen LogP contribution >= 0.6 is 0 Å². The van der Waals surface area contributed by atoms with Gasteiger partial charge in [0.15, 0.2) is 0 Å². The summed E-state index contributed by atoms with van der Waals surface area (Å²) < 4.78 is 11.8. The van der Waals surface area contributed by atoms with Crippen LogP contribution in [-0.2, 0) is 10.8 Å². The fraction of sp³-hybridized carbons (Fsp3) is 0.739. The number of benzene rings is 1. The monoisotopic (exact) mass is 377 g/mol. The van der Waals surface area contributed by atoms with E-state index in [0.29, 0.717) is 19.2 Å². The van der Waals surface area contributed by atoms with Crippen molar-refractivity contribution in [3.8, 4) is 11.5 Å². The molecule has 0 aliphatic heterocycles. The van der Waals surface area contributed by atoms with Crippen LogP contribution in [0, 0.1) is 0 Å². The fourth-order valence-electron chi connectivity index (χ4n) is 3.70. The number of aliphatic hydroxyl groups is 1. The first kappa shape index (κ1) is 22.0. The van der Waals surface area contributed by atoms with Crippen LogP contribution in [-0.4, -0.2) is 37.5 Å². The van der Waals surface area contributed by atoms with Gasteiger partial charge >= 0.3 is 0 Å². The van der Waals surface area contributed by atoms with Crippen LogP contribution < -0.4 is 14.8 Å². The standard InChI is InChI=1S/C23H39NO3/c1-22(2,3)18-13-21(19(23(4,5)6)12-20(18)26-7)27-15-17(25)14-24-16-10-8-9-11-16/h12-13,16-17,24-25H,8-11,14-15H2,1-7H3. The molecule has 154 valence electrons. The van der Waals surface area contributed by atoms with E-state index in [1.165, 1.54) is 25.7 Å². The summed E-state index contributed by atoms with van der Waals surface area (Å²) in [5.41, 5.74) is 2.09. The molecule has 2 N–H and O–H groups in total. The van der Waals surface area contributed by atoms with E-state index in [2.05, 4.69) is 59.0 Å². The molecular formula is C23H39NO3. The number of ether oxygens (including phenoxy) is 2. The van der Waals surface area contributed by atoms with Gasteiger partial charge in [-0.05, 0) is 35.8 Å². The zero-order valence-corrected chi connectivity index (χ0v) is 18.3. The van der Waals surface area contributed by atoms with Gasteiger partial charge in [0, 0.05) is 23.7 Å². The van der Waals surface area contributed by atoms with Crippen molar-refractivity contribution in [1.82, 2.24) is 5.32 Å². The molecule has 0 saturated heterocycles. The molecule has 1 atom stereocenters. The summed E-state index contributed by atoms with van der Waals surface area (Å²) in [6.45, 7) is 13.9. The van der Waals surface area contributed by atoms with Gasteiger partial charge in [0.05, 0.1) is 7.11 Å². The average Bonchev–Trinajstić information content (AvgIpc) is 3.09. The van der Waals surface area contributed by atoms with Crippen molar-refractivity contribution in [2.24, 2.45) is 0 Å². The van der Waals surface area contributed by atoms with Crippen LogP contribution in [0.4, 0.5) is 0 Å². The number of hydrogen-bond acceptors (Lipinski definition) is 4. The maximum Gasteiger partial charge on any atom is 0.123 e. The van der Waals surface area contributed by atoms with E-state index in [1.807, 2.05) is 0 Å². The summed E-state index contributed by atoms with van der Waals surface area (Å²) in [7, 11) is 1.72. The molecule has 1 fully saturated rings. The van der Waals surface area contributed by atoms with Gasteiger partial charge in [-0.2, -0.15) is 0 Å². The molecule has 1 saturated carbocycles. The van der Waals surface area contributed by atoms with Gasteiger partial charge in [-0.15, -0.1) is 0 Å². The molecule has 0 amide bonds. The van der Waals surface area contributed by atoms with Crippen molar-refractivity contribution in [1.29, 1.82) is 0 Å². The summed E-state index contributed by atoms with van der Waals surface area (Å²) in [4.78, 5) is 0. The van der Waals surface area contributed by atoms with Crippen molar-refractivity contribution >= 4 is 0 Å². The third-order valence-corrected chi connectivity index (χ3v) is 5.35. The van der Waals surface area contributed by atoms with Gasteiger partial charge in [-0.1, -0.05) is 54.4 Å². The molecule has 4 nitrogen and oxygen atoms in total. The minimum atomic E-state index is -0.515. The van der Waals surface area contributed by atoms with Crippen LogP contribution in [0.25, 0.3) is 0 Å². The Morgan fingerprint density at radius 1 is 1.00 bits per heavy atom. The molecular weight excluding hydrogens is 338 g/mol. The molecule has 4 heteroatoms. The second kappa shape index (κ2) is 8.83. The van der Waals surface area contributed by atoms with Gasteiger partial charge in [0.1, 0.15) is 24.2 Å². The van der Waals surface area contributed by atoms with Gasteiger partial charge in [-0.3, -0.25) is 0 Å². The van der Waals surface area contributed by atoms with Crippen LogP contribution in [0.3, 0.4) is 0 Å². The zero-order valence-electron chi connectivity index (χ0n) is 18.3. The maximum absolute atomic E-state index is 10.4. The van der Waals surface area contributed by atoms with Gasteiger partial charge in [0.2, 0.25) is 0 Å². The smallest absolute Gasteiger partial charge is 0.123 e. The van der Waals surface area contributed by atoms with E-state index in [4.69, 9.17) is 9.47 Å². The SMILES string of the molecule is COc1cc(C(C)(C)C)c(OCC(O)CNC2CCCC2)cc1C(C)(C)C. The molecule has 0 bridgehead atoms. The Hall–Kier alpha value is -1.26. The van der Waals surface area contributed by atoms with Crippen molar-refractivity contribution in [3.63, 3.8) is 0 Å². The third kappa shape index (κ3) is 6.11. The average molecular weight is 378 g/mol. The van der Waals surface area contributed by atoms with Crippen molar-refractivity contribution in [2.75, 3.05) is 20.3 Å². The lowest BCUT2D eigenvalue weighted by molar-refractivity contribution is 0.102. The number of aliphatic hydroxyl groups excluding tert-OH is 1. The van der Waals surface area contributed by atoms with Gasteiger partial charge in [-0.25, -0.2) is 0 Å². The highest BCUT2D eigenvalue weighted by atomic mass is 16.5. The minimum absolute atomic E-state index is 0.0531. The summed E-state index contributed by atoms with van der Waals surface area (Å²) >= 11 is 0. The van der Waals surface area contributed by atoms with Crippen molar-refractivity contribution in [3.05, 3.63) is 23.3 Å². The van der Waals surface area contributed by atoms with E-state index in [-0.39, 0.29) is 10.8 Å². The Bertz CT molecular complexity index is 607. The lowest BCUT2D eigenvalue weighted by Crippen LogP contribution is -2.36. The first-order chi connectivity index (χ1) is 12.5. The second-order valence-corrected chi connectivity index (χ2v) is 9.90. The van der Waals surface area contributed by atoms with Gasteiger partial charge < -0.3 is 19.9 Å². The number of rotatable bonds is 7. The molecule has 1 aromatic rings. The summed E-state index contributed by atoms with van der Waals surface area (Å²) in [6.07, 6.45) is 4.50. The number of methoxy groups -OCH3 is 1. The Labute approximate surface area is 165 Å². The normalized spacial score (nSPS) is 17.2. The predicted octanol–water partition coefficient (Wildman–Crippen LogP) is 4.56. The van der Waals surface area contributed by atoms with Crippen LogP contribution in [0.5, 0.6) is 11.5 Å². The molecule has 0 aromatic heterocycles. The Kier molecular flexibility index (Phi) is 7.20. The fourth-order valence-corrected chi connectivity index (χ4v) is 3.70. The highest BCUT2D eigenvalue weighted by Crippen LogP contribution is 2.41. The molecule has 1 unspecified atom stereocenters. The quantitative estimate of drug-likeness (QED) is 0.731. The summed E-state index contributed by atoms with van der Waals surface area (Å²) in [5.74, 6) is 1.73. The maximum atomic E-state index is 10.4. The molecule has 1 aliphatic rings. The van der Waals surface area contributed by atoms with E-state index in [1.54, 1.807) is 7.11 Å². The zero-order chi connectivity index (χ0) is 20.2. The number of hydrogen-bond donors (Lipinski definition) is 2. The largest absolute Gasteiger partial charge is 0.496 e. The molecule has 27 heavy (non-hydrogen) atoms. The highest BCUT2D eigenvalue weighted by molar-refractivity contribution is 5.51. The Balaban J connectivity index is 2.15. The van der Waals surface area contributed by atoms with E-state index >= 15 is 0 Å². The van der Waals surface area contributed by atoms with Crippen molar-refractivity contribution in [2.45, 2.75) is 90.2 Å². The molecule has 0 spiro atoms. The highest BCUT2D eigenvalue weighted by Gasteiger charge is 2.27. The van der Waals surface area contributed by atoms with Gasteiger partial charge in [0.25, 0.3) is 0 Å². The second-order valence-electron chi connectivity index (χ2n) is 9.90. The molecule has 1 aromatic carbocycles. The summed E-state index contributed by atoms with van der Waals surface area (Å²) in [5, 5.41) is 13.8. The van der Waals surface area contributed by atoms with E-state index in [0.717, 1.165) is 22.6 Å². The topological polar surface area (TPSA) is 50.7 Å². The Morgan fingerprint density at radius 2 is 1.52 bits per heavy atom. The lowest BCUT2D eigenvalue weighted by Gasteiger charge is -2.29. The van der Waals surface area contributed by atoms with E-state index < -0.39 is 6.10 Å². The molecule has 0 heterocycles. The molecule has 2 rings (SSSR count). The van der Waals surface area contributed by atoms with E-state index in [9.17, 15) is 5.11 Å². The minimum Gasteiger partial charge on any atom is -0.496 e. The lowest BCUT2D eigenvalue weighted by atomic mass is 9.81. The summed E-state index contributed by atoms with van der Waals surface area (Å²) in [6, 6.07) is 4.74. The molecule has 1 aliphatic carbocycles. The Morgan fingerprint density at radius 3 is 2.04 bits per heavy atom. The number of nitrogens with one attached hydrogen (secondary N) is 1. The first-order valence-corrected chi connectivity index (χ1v) is 10.3. The first-order valence-electron chi connectivity index (χ1n) is 10.3. The molecule has 0 radical (unpaired) electrons. The third-order valence-electron chi connectivity index (χ3n) is 5.35. The van der Waals surface area contributed by atoms with Crippen LogP contribution in [0.1, 0.15) is 78.4 Å².